The fraction of sp³-hybridized carbons (Fsp3) is 0.333. The SMILES string of the molecule is CCCN(CCC)c1ccc(/C=N\Nc2nnc3c(n2)[nH]c2ccc(CC)cc23)cc1. The summed E-state index contributed by atoms with van der Waals surface area (Å²) in [7, 11) is 0. The number of H-pyrrole nitrogens is 1. The number of fused-ring (bicyclic) bond motifs is 3. The van der Waals surface area contributed by atoms with Gasteiger partial charge in [0, 0.05) is 29.7 Å². The van der Waals surface area contributed by atoms with Crippen LogP contribution in [0.15, 0.2) is 47.6 Å². The number of hydrogen-bond acceptors (Lipinski definition) is 6. The Kier molecular flexibility index (Phi) is 6.40. The minimum absolute atomic E-state index is 0.361. The first-order valence-electron chi connectivity index (χ1n) is 11.0. The summed E-state index contributed by atoms with van der Waals surface area (Å²) in [5, 5.41) is 13.9. The first-order chi connectivity index (χ1) is 15.2. The van der Waals surface area contributed by atoms with E-state index < -0.39 is 0 Å². The summed E-state index contributed by atoms with van der Waals surface area (Å²) < 4.78 is 0. The second-order valence-corrected chi connectivity index (χ2v) is 7.64. The van der Waals surface area contributed by atoms with E-state index in [1.165, 1.54) is 11.3 Å². The second-order valence-electron chi connectivity index (χ2n) is 7.64. The summed E-state index contributed by atoms with van der Waals surface area (Å²) in [5.74, 6) is 0.361. The maximum absolute atomic E-state index is 4.52. The third kappa shape index (κ3) is 4.66. The van der Waals surface area contributed by atoms with Gasteiger partial charge in [0.05, 0.1) is 6.21 Å². The average Bonchev–Trinajstić information content (AvgIpc) is 3.16. The summed E-state index contributed by atoms with van der Waals surface area (Å²) in [5.41, 5.74) is 8.89. The molecule has 4 aromatic rings. The van der Waals surface area contributed by atoms with Crippen molar-refractivity contribution in [2.45, 2.75) is 40.0 Å². The Balaban J connectivity index is 1.46. The van der Waals surface area contributed by atoms with Crippen molar-refractivity contribution >= 4 is 39.9 Å². The standard InChI is InChI=1S/C24H29N7/c1-4-13-31(14-5-2)19-10-7-18(8-11-19)16-25-29-24-27-23-22(28-30-24)20-15-17(6-3)9-12-21(20)26-23/h7-12,15-16H,4-6,13-14H2,1-3H3,(H2,26,27,29,30)/b25-16-. The average molecular weight is 416 g/mol. The molecule has 0 saturated heterocycles. The molecule has 0 spiro atoms. The lowest BCUT2D eigenvalue weighted by atomic mass is 10.1. The van der Waals surface area contributed by atoms with Crippen molar-refractivity contribution in [2.75, 3.05) is 23.4 Å². The summed E-state index contributed by atoms with van der Waals surface area (Å²) in [6, 6.07) is 14.8. The van der Waals surface area contributed by atoms with Crippen molar-refractivity contribution in [2.24, 2.45) is 5.10 Å². The quantitative estimate of drug-likeness (QED) is 0.292. The zero-order valence-electron chi connectivity index (χ0n) is 18.4. The monoisotopic (exact) mass is 415 g/mol. The first-order valence-corrected chi connectivity index (χ1v) is 11.0. The molecule has 2 N–H and O–H groups in total. The van der Waals surface area contributed by atoms with Crippen LogP contribution in [0.5, 0.6) is 0 Å². The molecule has 0 radical (unpaired) electrons. The molecule has 4 rings (SSSR count). The van der Waals surface area contributed by atoms with Crippen molar-refractivity contribution < 1.29 is 0 Å². The second kappa shape index (κ2) is 9.55. The Labute approximate surface area is 182 Å². The van der Waals surface area contributed by atoms with Crippen LogP contribution in [-0.4, -0.2) is 39.5 Å². The highest BCUT2D eigenvalue weighted by atomic mass is 15.4. The van der Waals surface area contributed by atoms with Crippen LogP contribution in [0, 0.1) is 0 Å². The molecule has 2 heterocycles. The Morgan fingerprint density at radius 1 is 1.00 bits per heavy atom. The van der Waals surface area contributed by atoms with E-state index in [0.29, 0.717) is 11.6 Å². The number of rotatable bonds is 9. The van der Waals surface area contributed by atoms with E-state index in [4.69, 9.17) is 0 Å². The number of hydrazone groups is 1. The summed E-state index contributed by atoms with van der Waals surface area (Å²) in [6.07, 6.45) is 5.03. The minimum Gasteiger partial charge on any atom is -0.372 e. The number of benzene rings is 2. The van der Waals surface area contributed by atoms with E-state index in [2.05, 4.69) is 98.8 Å². The highest BCUT2D eigenvalue weighted by Crippen LogP contribution is 2.24. The summed E-state index contributed by atoms with van der Waals surface area (Å²) >= 11 is 0. The van der Waals surface area contributed by atoms with Crippen LogP contribution >= 0.6 is 0 Å². The Bertz CT molecular complexity index is 1170. The predicted octanol–water partition coefficient (Wildman–Crippen LogP) is 5.14. The van der Waals surface area contributed by atoms with Crippen molar-refractivity contribution in [1.29, 1.82) is 0 Å². The molecule has 0 aliphatic carbocycles. The van der Waals surface area contributed by atoms with Gasteiger partial charge in [-0.3, -0.25) is 0 Å². The molecule has 0 atom stereocenters. The number of hydrogen-bond donors (Lipinski definition) is 2. The van der Waals surface area contributed by atoms with E-state index in [1.807, 2.05) is 0 Å². The maximum atomic E-state index is 4.52. The summed E-state index contributed by atoms with van der Waals surface area (Å²) in [6.45, 7) is 8.70. The van der Waals surface area contributed by atoms with Crippen LogP contribution < -0.4 is 10.3 Å². The van der Waals surface area contributed by atoms with Gasteiger partial charge < -0.3 is 9.88 Å². The zero-order valence-corrected chi connectivity index (χ0v) is 18.4. The Hall–Kier alpha value is -3.48. The van der Waals surface area contributed by atoms with Gasteiger partial charge in [0.15, 0.2) is 5.65 Å². The number of aromatic nitrogens is 4. The van der Waals surface area contributed by atoms with E-state index in [9.17, 15) is 0 Å². The van der Waals surface area contributed by atoms with Gasteiger partial charge in [0.2, 0.25) is 0 Å². The molecule has 31 heavy (non-hydrogen) atoms. The minimum atomic E-state index is 0.361. The van der Waals surface area contributed by atoms with Crippen LogP contribution in [0.25, 0.3) is 22.1 Å². The highest BCUT2D eigenvalue weighted by molar-refractivity contribution is 6.03. The Morgan fingerprint density at radius 3 is 2.48 bits per heavy atom. The molecule has 7 nitrogen and oxygen atoms in total. The largest absolute Gasteiger partial charge is 0.372 e. The lowest BCUT2D eigenvalue weighted by Crippen LogP contribution is -2.24. The van der Waals surface area contributed by atoms with Crippen LogP contribution in [0.2, 0.25) is 0 Å². The van der Waals surface area contributed by atoms with Crippen molar-refractivity contribution in [1.82, 2.24) is 20.2 Å². The number of nitrogens with one attached hydrogen (secondary N) is 2. The van der Waals surface area contributed by atoms with Gasteiger partial charge in [0.1, 0.15) is 5.52 Å². The number of aryl methyl sites for hydroxylation is 1. The molecule has 0 aliphatic heterocycles. The smallest absolute Gasteiger partial charge is 0.265 e. The molecule has 0 bridgehead atoms. The lowest BCUT2D eigenvalue weighted by molar-refractivity contribution is 0.745. The Morgan fingerprint density at radius 2 is 1.77 bits per heavy atom. The van der Waals surface area contributed by atoms with Crippen molar-refractivity contribution in [3.8, 4) is 0 Å². The van der Waals surface area contributed by atoms with Crippen LogP contribution in [0.3, 0.4) is 0 Å². The molecule has 0 unspecified atom stereocenters. The van der Waals surface area contributed by atoms with Gasteiger partial charge in [-0.05, 0) is 54.7 Å². The molecule has 0 fully saturated rings. The normalized spacial score (nSPS) is 11.6. The van der Waals surface area contributed by atoms with Crippen LogP contribution in [0.1, 0.15) is 44.7 Å². The van der Waals surface area contributed by atoms with Gasteiger partial charge in [-0.1, -0.05) is 39.0 Å². The number of aromatic amines is 1. The number of anilines is 2. The van der Waals surface area contributed by atoms with Crippen LogP contribution in [0.4, 0.5) is 11.6 Å². The molecule has 0 saturated carbocycles. The topological polar surface area (TPSA) is 82.1 Å². The van der Waals surface area contributed by atoms with Crippen molar-refractivity contribution in [3.63, 3.8) is 0 Å². The fourth-order valence-electron chi connectivity index (χ4n) is 3.73. The van der Waals surface area contributed by atoms with E-state index >= 15 is 0 Å². The number of nitrogens with zero attached hydrogens (tertiary/aromatic N) is 5. The van der Waals surface area contributed by atoms with E-state index in [1.54, 1.807) is 6.21 Å². The van der Waals surface area contributed by atoms with Gasteiger partial charge in [-0.25, -0.2) is 5.43 Å². The molecular weight excluding hydrogens is 386 g/mol. The van der Waals surface area contributed by atoms with Gasteiger partial charge in [-0.15, -0.1) is 10.2 Å². The maximum Gasteiger partial charge on any atom is 0.265 e. The highest BCUT2D eigenvalue weighted by Gasteiger charge is 2.09. The fourth-order valence-corrected chi connectivity index (χ4v) is 3.73. The molecule has 2 aromatic heterocycles. The summed E-state index contributed by atoms with van der Waals surface area (Å²) in [4.78, 5) is 10.2. The lowest BCUT2D eigenvalue weighted by Gasteiger charge is -2.23. The van der Waals surface area contributed by atoms with Gasteiger partial charge in [0.25, 0.3) is 5.95 Å². The van der Waals surface area contributed by atoms with Crippen LogP contribution in [-0.2, 0) is 6.42 Å². The third-order valence-electron chi connectivity index (χ3n) is 5.31. The first kappa shape index (κ1) is 20.8. The third-order valence-corrected chi connectivity index (χ3v) is 5.31. The van der Waals surface area contributed by atoms with Gasteiger partial charge >= 0.3 is 0 Å². The van der Waals surface area contributed by atoms with Crippen molar-refractivity contribution in [3.05, 3.63) is 53.6 Å². The predicted molar refractivity (Wildman–Crippen MR) is 129 cm³/mol. The molecule has 0 amide bonds. The van der Waals surface area contributed by atoms with E-state index in [-0.39, 0.29) is 0 Å². The molecular formula is C24H29N7. The molecule has 2 aromatic carbocycles. The van der Waals surface area contributed by atoms with E-state index in [0.717, 1.165) is 54.3 Å². The van der Waals surface area contributed by atoms with Gasteiger partial charge in [-0.2, -0.15) is 10.1 Å². The zero-order chi connectivity index (χ0) is 21.6. The molecule has 0 aliphatic rings. The molecule has 7 heteroatoms. The molecule has 160 valence electrons.